The van der Waals surface area contributed by atoms with E-state index in [1.54, 1.807) is 91.9 Å². The molecule has 0 saturated carbocycles. The number of amides is 1. The number of carbonyl (C=O) groups excluding carboxylic acids is 1. The Morgan fingerprint density at radius 3 is 1.31 bits per heavy atom. The molecular formula is C100H125N19O17S4. The summed E-state index contributed by atoms with van der Waals surface area (Å²) in [6.07, 6.45) is 1.50. The van der Waals surface area contributed by atoms with Gasteiger partial charge in [0, 0.05) is 162 Å². The fourth-order valence-electron chi connectivity index (χ4n) is 15.2. The van der Waals surface area contributed by atoms with Crippen molar-refractivity contribution in [2.24, 2.45) is 39.7 Å². The number of nitrogens with two attached hydrogens (primary N) is 2. The molecule has 1 amide bonds. The highest BCUT2D eigenvalue weighted by molar-refractivity contribution is 7.99. The molecule has 9 aromatic carbocycles. The van der Waals surface area contributed by atoms with Crippen molar-refractivity contribution >= 4 is 53.6 Å². The van der Waals surface area contributed by atoms with Crippen molar-refractivity contribution in [1.82, 2.24) is 86.1 Å². The minimum absolute atomic E-state index is 0.0155. The Morgan fingerprint density at radius 1 is 0.507 bits per heavy atom. The van der Waals surface area contributed by atoms with Crippen LogP contribution in [-0.4, -0.2) is 211 Å². The summed E-state index contributed by atoms with van der Waals surface area (Å²) in [4.78, 5) is 12.3. The maximum absolute atomic E-state index is 12.3. The smallest absolute Gasteiger partial charge is 0.407 e. The van der Waals surface area contributed by atoms with Crippen LogP contribution in [0.2, 0.25) is 0 Å². The molecule has 1 aliphatic carbocycles. The van der Waals surface area contributed by atoms with Gasteiger partial charge in [-0.25, -0.2) is 23.5 Å². The average molecular weight is 1990 g/mol. The van der Waals surface area contributed by atoms with Crippen LogP contribution in [0.3, 0.4) is 0 Å². The maximum atomic E-state index is 12.3. The van der Waals surface area contributed by atoms with E-state index < -0.39 is 43.3 Å². The van der Waals surface area contributed by atoms with E-state index in [1.165, 1.54) is 46.9 Å². The Hall–Kier alpha value is -10.9. The van der Waals surface area contributed by atoms with Crippen LogP contribution in [-0.2, 0) is 131 Å². The van der Waals surface area contributed by atoms with Gasteiger partial charge in [0.2, 0.25) is 20.2 Å². The number of benzene rings is 9. The summed E-state index contributed by atoms with van der Waals surface area (Å²) in [6, 6.07) is 72.0. The van der Waals surface area contributed by atoms with Gasteiger partial charge in [-0.15, -0.1) is 15.3 Å². The third-order valence-electron chi connectivity index (χ3n) is 22.9. The maximum Gasteiger partial charge on any atom is 0.407 e. The number of fused-ring (bicyclic) bond motifs is 3. The first-order valence-electron chi connectivity index (χ1n) is 45.8. The van der Waals surface area contributed by atoms with Crippen molar-refractivity contribution in [1.29, 1.82) is 0 Å². The number of aryl methyl sites for hydroxylation is 4. The zero-order valence-corrected chi connectivity index (χ0v) is 83.2. The van der Waals surface area contributed by atoms with Gasteiger partial charge in [-0.2, -0.15) is 5.21 Å². The van der Waals surface area contributed by atoms with Gasteiger partial charge in [0.05, 0.1) is 81.9 Å². The van der Waals surface area contributed by atoms with Crippen molar-refractivity contribution in [3.8, 4) is 11.1 Å². The second-order valence-electron chi connectivity index (χ2n) is 33.2. The van der Waals surface area contributed by atoms with Gasteiger partial charge in [0.15, 0.2) is 18.9 Å². The summed E-state index contributed by atoms with van der Waals surface area (Å²) in [7, 11) is 15.4. The number of ether oxygens (including phenoxy) is 12. The summed E-state index contributed by atoms with van der Waals surface area (Å²) in [6.45, 7) is 6.27. The number of nitrogens with one attached hydrogen (secondary N) is 2. The number of thioether (sulfide) groups is 3. The number of aliphatic hydroxyl groups excluding tert-OH is 4. The number of nitrogens with zero attached hydrogens (tertiary/aromatic N) is 15. The van der Waals surface area contributed by atoms with Crippen LogP contribution >= 0.6 is 47.5 Å². The monoisotopic (exact) mass is 1990 g/mol. The number of alkyl carbamates (subject to hydrolysis) is 1. The molecule has 8 heterocycles. The van der Waals surface area contributed by atoms with Crippen molar-refractivity contribution in [3.05, 3.63) is 312 Å². The summed E-state index contributed by atoms with van der Waals surface area (Å²) < 4.78 is 73.6. The summed E-state index contributed by atoms with van der Waals surface area (Å²) >= 11 is 9.15. The fraction of sp³-hybridized carbons (Fsp3) is 0.410. The Bertz CT molecular complexity index is 5720. The number of rotatable bonds is 35. The molecule has 40 heteroatoms. The van der Waals surface area contributed by atoms with Crippen molar-refractivity contribution in [2.45, 2.75) is 174 Å². The van der Waals surface area contributed by atoms with Crippen LogP contribution in [0.25, 0.3) is 11.1 Å². The predicted octanol–water partition coefficient (Wildman–Crippen LogP) is 13.9. The summed E-state index contributed by atoms with van der Waals surface area (Å²) in [5.74, 6) is 1.92. The second-order valence-corrected chi connectivity index (χ2v) is 36.5. The molecule has 5 aliphatic rings. The molecular weight excluding hydrogens is 1870 g/mol. The SMILES string of the molecule is C1CCOC1.COC(OC)c1ccc(CNC(=O)OCC2c3ccccc3-c3ccccc32)cc1.COCc1ccc([C@H](O)CC2CO2)cc1.COCc1ccc([C@H](O)C[C@H](O)CSc2nnnn2C)cc1.COCc1ccc([C@H]2C[C@@H](CSc3nnnn3C)O[C@@H](c3ccc(CN)cc3)O2)cc1.Cn1[nH]nnc1=S.Cn1nnnc1SC[C@@H]1C[C@H](c2ccc(CO)cc2)O[C@H](c2ccc(CN)cc2)O1. The topological polar surface area (TPSA) is 453 Å². The van der Waals surface area contributed by atoms with E-state index >= 15 is 0 Å². The fourth-order valence-corrected chi connectivity index (χ4v) is 17.8. The lowest BCUT2D eigenvalue weighted by Gasteiger charge is -2.36. The molecule has 4 aromatic heterocycles. The van der Waals surface area contributed by atoms with Crippen LogP contribution < -0.4 is 16.8 Å². The number of tetrazole rings is 4. The zero-order valence-electron chi connectivity index (χ0n) is 79.9. The normalized spacial score (nSPS) is 17.8. The molecule has 36 nitrogen and oxygen atoms in total. The average Bonchev–Trinajstić information content (AvgIpc) is 1.62. The molecule has 18 rings (SSSR count). The third kappa shape index (κ3) is 33.7. The number of hydrogen-bond donors (Lipinski definition) is 8. The first kappa shape index (κ1) is 108. The molecule has 0 spiro atoms. The van der Waals surface area contributed by atoms with Gasteiger partial charge in [0.25, 0.3) is 0 Å². The van der Waals surface area contributed by atoms with Crippen molar-refractivity contribution in [2.75, 3.05) is 79.2 Å². The van der Waals surface area contributed by atoms with Gasteiger partial charge >= 0.3 is 6.09 Å². The van der Waals surface area contributed by atoms with E-state index in [-0.39, 0.29) is 49.5 Å². The molecule has 13 aromatic rings. The molecule has 0 radical (unpaired) electrons. The van der Waals surface area contributed by atoms with Gasteiger partial charge in [-0.05, 0) is 140 Å². The van der Waals surface area contributed by atoms with Gasteiger partial charge in [-0.1, -0.05) is 264 Å². The van der Waals surface area contributed by atoms with E-state index in [2.05, 4.69) is 128 Å². The van der Waals surface area contributed by atoms with E-state index in [4.69, 9.17) is 68.3 Å². The van der Waals surface area contributed by atoms with Gasteiger partial charge < -0.3 is 94.1 Å². The highest BCUT2D eigenvalue weighted by atomic mass is 32.2. The molecule has 0 bridgehead atoms. The number of aliphatic hydroxyl groups is 4. The molecule has 746 valence electrons. The van der Waals surface area contributed by atoms with Crippen LogP contribution in [0.1, 0.15) is 177 Å². The minimum atomic E-state index is -0.704. The van der Waals surface area contributed by atoms with Crippen molar-refractivity contribution in [3.63, 3.8) is 0 Å². The number of H-pyrrole nitrogens is 1. The number of methoxy groups -OCH3 is 5. The largest absolute Gasteiger partial charge is 0.449 e. The highest BCUT2D eigenvalue weighted by Gasteiger charge is 2.36. The first-order valence-corrected chi connectivity index (χ1v) is 49.2. The second kappa shape index (κ2) is 57.3. The standard InChI is InChI=1S/C25H25NO4.C22H27N5O3S.C21H25N5O3S.C14H20N4O3S.C12H16O3.C4H8O.C2H4N4S/c1-28-24(29-2)18-13-11-17(12-14-18)15-26-25(27)30-16-23-21-9-5-3-7-19(21)20-8-4-6-10-22(20)23;1-27-22(24-25-26-27)31-14-19-11-20(17-7-5-16(6-8-17)13-28-2)30-21(29-19)18-9-3-15(12-23)4-10-18;1-26-21(23-24-25-26)30-13-18-10-19(16-6-4-15(12-27)5-7-16)29-20(28-18)17-8-2-14(11-22)3-9-17;1-18-14(15-16-17-18)22-9-12(19)7-13(20)11-5-3-10(4-6-11)8-21-2;1-14-7-9-2-4-10(5-3-9)12(13)6-11-8-15-11;1-2-4-5-3-1;1-6-2(7)3-4-5-6/h3-14,23-24H,15-16H2,1-2H3,(H,26,27);3-10,19-21H,11-14,23H2,1-2H3;2-9,18-20,27H,10-13,22H2,1H3;3-6,12-13,19-20H,7-9H2,1-2H3;2-5,11-13H,6-8H2,1H3;1-4H2;1H3,(H,3,5,7)/t;19-,20+,21+;18-,19+,20+;12-,13+;11?,12-;;/m.0001../s1. The molecule has 140 heavy (non-hydrogen) atoms. The lowest BCUT2D eigenvalue weighted by molar-refractivity contribution is -0.245. The number of carbonyl (C=O) groups is 1. The Balaban J connectivity index is 0.000000154. The minimum Gasteiger partial charge on any atom is -0.449 e. The Labute approximate surface area is 832 Å². The molecule has 4 saturated heterocycles. The molecule has 4 fully saturated rings. The van der Waals surface area contributed by atoms with Gasteiger partial charge in [-0.3, -0.25) is 0 Å². The van der Waals surface area contributed by atoms with Crippen LogP contribution in [0.4, 0.5) is 4.79 Å². The number of hydrogen-bond acceptors (Lipinski definition) is 34. The molecule has 4 aliphatic heterocycles. The molecule has 1 unspecified atom stereocenters. The quantitative estimate of drug-likeness (QED) is 0.00791. The Kier molecular flexibility index (Phi) is 44.2. The highest BCUT2D eigenvalue weighted by Crippen LogP contribution is 2.46. The van der Waals surface area contributed by atoms with Crippen LogP contribution in [0.15, 0.2) is 234 Å². The number of aromatic nitrogens is 16. The lowest BCUT2D eigenvalue weighted by Crippen LogP contribution is -2.31. The van der Waals surface area contributed by atoms with E-state index in [0.717, 1.165) is 120 Å². The summed E-state index contributed by atoms with van der Waals surface area (Å²) in [5, 5.41) is 88.1. The first-order chi connectivity index (χ1) is 68.2. The third-order valence-corrected chi connectivity index (χ3v) is 26.7. The molecule has 10 atom stereocenters. The van der Waals surface area contributed by atoms with Crippen LogP contribution in [0, 0.1) is 4.77 Å². The lowest BCUT2D eigenvalue weighted by atomic mass is 9.98. The van der Waals surface area contributed by atoms with E-state index in [0.29, 0.717) is 80.3 Å². The van der Waals surface area contributed by atoms with Crippen molar-refractivity contribution < 1.29 is 82.1 Å². The summed E-state index contributed by atoms with van der Waals surface area (Å²) in [5.41, 5.74) is 30.4. The number of epoxide rings is 1. The van der Waals surface area contributed by atoms with Crippen LogP contribution in [0.5, 0.6) is 0 Å². The van der Waals surface area contributed by atoms with Gasteiger partial charge in [0.1, 0.15) is 6.61 Å². The van der Waals surface area contributed by atoms with E-state index in [1.807, 2.05) is 184 Å². The zero-order chi connectivity index (χ0) is 98.9. The number of aromatic amines is 1. The van der Waals surface area contributed by atoms with E-state index in [9.17, 15) is 25.2 Å². The Morgan fingerprint density at radius 2 is 0.921 bits per heavy atom. The predicted molar refractivity (Wildman–Crippen MR) is 529 cm³/mol. The molecule has 10 N–H and O–H groups in total.